The van der Waals surface area contributed by atoms with E-state index < -0.39 is 0 Å². The maximum absolute atomic E-state index is 8.99. The minimum Gasteiger partial charge on any atom is -0.411 e. The molecule has 1 N–H and O–H groups in total. The molecule has 0 spiro atoms. The van der Waals surface area contributed by atoms with Crippen LogP contribution in [0, 0.1) is 13.8 Å². The van der Waals surface area contributed by atoms with Gasteiger partial charge in [0, 0.05) is 5.57 Å². The summed E-state index contributed by atoms with van der Waals surface area (Å²) in [7, 11) is 0. The van der Waals surface area contributed by atoms with Crippen molar-refractivity contribution in [2.45, 2.75) is 33.1 Å². The standard InChI is InChI=1S/C14H17NO/c1-10-7-8-12(9-11(10)2)13-5-3-4-6-14(13)15-16/h5,7-9,16H,3-4,6H2,1-2H3/b15-14+. The lowest BCUT2D eigenvalue weighted by Crippen LogP contribution is -2.07. The highest BCUT2D eigenvalue weighted by molar-refractivity contribution is 6.24. The average Bonchev–Trinajstić information content (AvgIpc) is 2.32. The Morgan fingerprint density at radius 3 is 2.69 bits per heavy atom. The molecule has 0 radical (unpaired) electrons. The summed E-state index contributed by atoms with van der Waals surface area (Å²) in [5, 5.41) is 12.4. The van der Waals surface area contributed by atoms with Gasteiger partial charge < -0.3 is 5.21 Å². The summed E-state index contributed by atoms with van der Waals surface area (Å²) in [6.45, 7) is 4.22. The van der Waals surface area contributed by atoms with Crippen molar-refractivity contribution in [1.82, 2.24) is 0 Å². The number of oxime groups is 1. The van der Waals surface area contributed by atoms with Gasteiger partial charge in [-0.25, -0.2) is 0 Å². The SMILES string of the molecule is Cc1ccc(C2=CCCC/C2=N\O)cc1C. The summed E-state index contributed by atoms with van der Waals surface area (Å²) in [5.41, 5.74) is 5.64. The summed E-state index contributed by atoms with van der Waals surface area (Å²) >= 11 is 0. The van der Waals surface area contributed by atoms with Crippen LogP contribution in [-0.2, 0) is 0 Å². The maximum Gasteiger partial charge on any atom is 0.0870 e. The molecule has 16 heavy (non-hydrogen) atoms. The molecule has 1 aromatic rings. The Bertz CT molecular complexity index is 458. The number of hydrogen-bond acceptors (Lipinski definition) is 2. The van der Waals surface area contributed by atoms with E-state index in [1.807, 2.05) is 0 Å². The van der Waals surface area contributed by atoms with Gasteiger partial charge in [-0.3, -0.25) is 0 Å². The summed E-state index contributed by atoms with van der Waals surface area (Å²) < 4.78 is 0. The number of nitrogens with zero attached hydrogens (tertiary/aromatic N) is 1. The summed E-state index contributed by atoms with van der Waals surface area (Å²) in [5.74, 6) is 0. The monoisotopic (exact) mass is 215 g/mol. The topological polar surface area (TPSA) is 32.6 Å². The Hall–Kier alpha value is -1.57. The zero-order chi connectivity index (χ0) is 11.5. The van der Waals surface area contributed by atoms with Gasteiger partial charge in [0.2, 0.25) is 0 Å². The molecule has 0 saturated carbocycles. The van der Waals surface area contributed by atoms with Gasteiger partial charge in [-0.2, -0.15) is 0 Å². The van der Waals surface area contributed by atoms with E-state index in [1.54, 1.807) is 0 Å². The minimum atomic E-state index is 0.814. The second-order valence-corrected chi connectivity index (χ2v) is 4.36. The van der Waals surface area contributed by atoms with Gasteiger partial charge in [0.25, 0.3) is 0 Å². The third-order valence-corrected chi connectivity index (χ3v) is 3.22. The van der Waals surface area contributed by atoms with E-state index >= 15 is 0 Å². The van der Waals surface area contributed by atoms with Crippen LogP contribution in [0.1, 0.15) is 36.0 Å². The predicted octanol–water partition coefficient (Wildman–Crippen LogP) is 3.70. The number of hydrogen-bond donors (Lipinski definition) is 1. The van der Waals surface area contributed by atoms with Crippen LogP contribution in [0.3, 0.4) is 0 Å². The average molecular weight is 215 g/mol. The van der Waals surface area contributed by atoms with Crippen LogP contribution in [-0.4, -0.2) is 10.9 Å². The lowest BCUT2D eigenvalue weighted by atomic mass is 9.90. The van der Waals surface area contributed by atoms with Gasteiger partial charge >= 0.3 is 0 Å². The zero-order valence-electron chi connectivity index (χ0n) is 9.83. The lowest BCUT2D eigenvalue weighted by Gasteiger charge is -2.15. The molecule has 0 amide bonds. The zero-order valence-corrected chi connectivity index (χ0v) is 9.83. The Labute approximate surface area is 96.3 Å². The van der Waals surface area contributed by atoms with Crippen molar-refractivity contribution in [1.29, 1.82) is 0 Å². The van der Waals surface area contributed by atoms with Crippen LogP contribution in [0.4, 0.5) is 0 Å². The summed E-state index contributed by atoms with van der Waals surface area (Å²) in [6.07, 6.45) is 5.19. The Balaban J connectivity index is 2.43. The molecule has 2 nitrogen and oxygen atoms in total. The van der Waals surface area contributed by atoms with Crippen molar-refractivity contribution >= 4 is 11.3 Å². The first-order valence-electron chi connectivity index (χ1n) is 5.71. The molecular formula is C14H17NO. The van der Waals surface area contributed by atoms with Gasteiger partial charge in [0.1, 0.15) is 0 Å². The highest BCUT2D eigenvalue weighted by Gasteiger charge is 2.14. The van der Waals surface area contributed by atoms with Crippen molar-refractivity contribution < 1.29 is 5.21 Å². The fourth-order valence-corrected chi connectivity index (χ4v) is 2.07. The third-order valence-electron chi connectivity index (χ3n) is 3.22. The van der Waals surface area contributed by atoms with Crippen molar-refractivity contribution in [3.8, 4) is 0 Å². The maximum atomic E-state index is 8.99. The number of rotatable bonds is 1. The smallest absolute Gasteiger partial charge is 0.0870 e. The molecule has 0 aliphatic heterocycles. The van der Waals surface area contributed by atoms with Crippen LogP contribution in [0.15, 0.2) is 29.4 Å². The number of aryl methyl sites for hydroxylation is 2. The van der Waals surface area contributed by atoms with Crippen molar-refractivity contribution in [3.63, 3.8) is 0 Å². The number of allylic oxidation sites excluding steroid dienone is 2. The van der Waals surface area contributed by atoms with Gasteiger partial charge in [0.05, 0.1) is 5.71 Å². The largest absolute Gasteiger partial charge is 0.411 e. The van der Waals surface area contributed by atoms with Crippen LogP contribution >= 0.6 is 0 Å². The molecule has 1 aliphatic carbocycles. The normalized spacial score (nSPS) is 18.6. The first-order valence-corrected chi connectivity index (χ1v) is 5.71. The van der Waals surface area contributed by atoms with E-state index in [-0.39, 0.29) is 0 Å². The Kier molecular flexibility index (Phi) is 3.09. The highest BCUT2D eigenvalue weighted by atomic mass is 16.4. The summed E-state index contributed by atoms with van der Waals surface area (Å²) in [6, 6.07) is 6.39. The quantitative estimate of drug-likeness (QED) is 0.562. The van der Waals surface area contributed by atoms with Gasteiger partial charge in [-0.05, 0) is 49.8 Å². The Morgan fingerprint density at radius 1 is 1.19 bits per heavy atom. The van der Waals surface area contributed by atoms with Crippen LogP contribution in [0.25, 0.3) is 5.57 Å². The van der Waals surface area contributed by atoms with E-state index in [9.17, 15) is 0 Å². The van der Waals surface area contributed by atoms with Crippen molar-refractivity contribution in [2.75, 3.05) is 0 Å². The van der Waals surface area contributed by atoms with E-state index in [2.05, 4.69) is 43.3 Å². The molecule has 2 rings (SSSR count). The van der Waals surface area contributed by atoms with E-state index in [0.29, 0.717) is 0 Å². The lowest BCUT2D eigenvalue weighted by molar-refractivity contribution is 0.318. The highest BCUT2D eigenvalue weighted by Crippen LogP contribution is 2.26. The fraction of sp³-hybridized carbons (Fsp3) is 0.357. The van der Waals surface area contributed by atoms with E-state index in [4.69, 9.17) is 5.21 Å². The van der Waals surface area contributed by atoms with Crippen LogP contribution < -0.4 is 0 Å². The molecule has 0 aromatic heterocycles. The van der Waals surface area contributed by atoms with Gasteiger partial charge in [-0.15, -0.1) is 0 Å². The second kappa shape index (κ2) is 4.52. The van der Waals surface area contributed by atoms with Crippen molar-refractivity contribution in [2.24, 2.45) is 5.16 Å². The first kappa shape index (κ1) is 10.9. The van der Waals surface area contributed by atoms with E-state index in [1.165, 1.54) is 11.1 Å². The molecule has 1 aliphatic rings. The molecule has 0 saturated heterocycles. The fourth-order valence-electron chi connectivity index (χ4n) is 2.07. The number of benzene rings is 1. The predicted molar refractivity (Wildman–Crippen MR) is 67.0 cm³/mol. The molecule has 84 valence electrons. The second-order valence-electron chi connectivity index (χ2n) is 4.36. The molecule has 0 unspecified atom stereocenters. The first-order chi connectivity index (χ1) is 7.72. The molecule has 2 heteroatoms. The minimum absolute atomic E-state index is 0.814. The molecular weight excluding hydrogens is 198 g/mol. The summed E-state index contributed by atoms with van der Waals surface area (Å²) in [4.78, 5) is 0. The molecule has 0 bridgehead atoms. The molecule has 1 aromatic carbocycles. The van der Waals surface area contributed by atoms with Crippen molar-refractivity contribution in [3.05, 3.63) is 41.0 Å². The third kappa shape index (κ3) is 2.01. The van der Waals surface area contributed by atoms with Gasteiger partial charge in [-0.1, -0.05) is 29.4 Å². The molecule has 0 heterocycles. The van der Waals surface area contributed by atoms with Crippen LogP contribution in [0.5, 0.6) is 0 Å². The Morgan fingerprint density at radius 2 is 2.00 bits per heavy atom. The van der Waals surface area contributed by atoms with Crippen LogP contribution in [0.2, 0.25) is 0 Å². The molecule has 0 atom stereocenters. The molecule has 0 fully saturated rings. The van der Waals surface area contributed by atoms with Gasteiger partial charge in [0.15, 0.2) is 0 Å². The van der Waals surface area contributed by atoms with E-state index in [0.717, 1.165) is 36.1 Å².